The lowest BCUT2D eigenvalue weighted by molar-refractivity contribution is -0.145. The fraction of sp³-hybridized carbons (Fsp3) is 0.550. The van der Waals surface area contributed by atoms with Gasteiger partial charge in [0.25, 0.3) is 0 Å². The number of phenolic OH excluding ortho intramolecular Hbond substituents is 1. The maximum atomic E-state index is 12.8. The maximum Gasteiger partial charge on any atom is 0.408 e. The first-order valence-corrected chi connectivity index (χ1v) is 10.6. The van der Waals surface area contributed by atoms with Gasteiger partial charge in [-0.25, -0.2) is 9.59 Å². The molecule has 0 aliphatic rings. The van der Waals surface area contributed by atoms with Crippen molar-refractivity contribution in [3.8, 4) is 5.75 Å². The van der Waals surface area contributed by atoms with Crippen LogP contribution in [-0.4, -0.2) is 59.9 Å². The molecule has 2 atom stereocenters. The van der Waals surface area contributed by atoms with Gasteiger partial charge in [-0.15, -0.1) is 0 Å². The van der Waals surface area contributed by atoms with Crippen LogP contribution in [-0.2, 0) is 25.5 Å². The van der Waals surface area contributed by atoms with Crippen molar-refractivity contribution in [2.24, 2.45) is 0 Å². The van der Waals surface area contributed by atoms with Gasteiger partial charge in [-0.05, 0) is 56.9 Å². The summed E-state index contributed by atoms with van der Waals surface area (Å²) in [5.74, 6) is -0.369. The Bertz CT molecular complexity index is 687. The fourth-order valence-corrected chi connectivity index (χ4v) is 2.90. The van der Waals surface area contributed by atoms with Crippen molar-refractivity contribution >= 4 is 29.7 Å². The molecule has 2 amide bonds. The predicted octanol–water partition coefficient (Wildman–Crippen LogP) is 2.24. The number of hydrogen-bond donors (Lipinski definition) is 3. The van der Waals surface area contributed by atoms with Crippen LogP contribution in [0.4, 0.5) is 4.79 Å². The molecule has 0 aliphatic heterocycles. The summed E-state index contributed by atoms with van der Waals surface area (Å²) in [6.45, 7) is 5.19. The Morgan fingerprint density at radius 3 is 2.24 bits per heavy atom. The number of amides is 2. The second kappa shape index (κ2) is 11.5. The molecule has 0 saturated carbocycles. The van der Waals surface area contributed by atoms with Crippen LogP contribution in [0, 0.1) is 0 Å². The third-order valence-electron chi connectivity index (χ3n) is 3.80. The molecular formula is C20H30N2O6S. The van der Waals surface area contributed by atoms with Crippen LogP contribution >= 0.6 is 11.8 Å². The summed E-state index contributed by atoms with van der Waals surface area (Å²) in [6, 6.07) is 4.51. The minimum Gasteiger partial charge on any atom is -0.508 e. The molecule has 0 unspecified atom stereocenters. The molecule has 0 aliphatic carbocycles. The molecule has 0 radical (unpaired) electrons. The number of phenols is 1. The number of aromatic hydroxyl groups is 1. The van der Waals surface area contributed by atoms with Gasteiger partial charge in [0.2, 0.25) is 5.91 Å². The molecule has 8 nitrogen and oxygen atoms in total. The number of benzene rings is 1. The minimum absolute atomic E-state index is 0.103. The van der Waals surface area contributed by atoms with Crippen molar-refractivity contribution < 1.29 is 29.0 Å². The van der Waals surface area contributed by atoms with Gasteiger partial charge in [0, 0.05) is 6.42 Å². The van der Waals surface area contributed by atoms with E-state index < -0.39 is 35.7 Å². The molecule has 9 heteroatoms. The smallest absolute Gasteiger partial charge is 0.408 e. The van der Waals surface area contributed by atoms with Gasteiger partial charge in [-0.3, -0.25) is 4.79 Å². The van der Waals surface area contributed by atoms with Gasteiger partial charge in [-0.2, -0.15) is 11.8 Å². The lowest BCUT2D eigenvalue weighted by Crippen LogP contribution is -2.53. The van der Waals surface area contributed by atoms with Crippen molar-refractivity contribution in [2.75, 3.05) is 19.1 Å². The summed E-state index contributed by atoms with van der Waals surface area (Å²) in [4.78, 5) is 37.0. The SMILES string of the molecule is COC(=O)[C@H](Cc1ccc(O)cc1)NC(=O)[C@H](CCSC)NC(=O)OC(C)(C)C. The molecule has 1 rings (SSSR count). The highest BCUT2D eigenvalue weighted by atomic mass is 32.2. The largest absolute Gasteiger partial charge is 0.508 e. The Hall–Kier alpha value is -2.42. The van der Waals surface area contributed by atoms with E-state index in [2.05, 4.69) is 10.6 Å². The average Bonchev–Trinajstić information content (AvgIpc) is 2.64. The predicted molar refractivity (Wildman–Crippen MR) is 112 cm³/mol. The van der Waals surface area contributed by atoms with E-state index in [0.717, 1.165) is 5.56 Å². The Kier molecular flexibility index (Phi) is 9.80. The zero-order chi connectivity index (χ0) is 22.0. The standard InChI is InChI=1S/C20H30N2O6S/c1-20(2,3)28-19(26)22-15(10-11-29-5)17(24)21-16(18(25)27-4)12-13-6-8-14(23)9-7-13/h6-9,15-16,23H,10-12H2,1-5H3,(H,21,24)(H,22,26)/t15-,16-/m0/s1. The molecule has 1 aromatic carbocycles. The van der Waals surface area contributed by atoms with E-state index in [0.29, 0.717) is 12.2 Å². The van der Waals surface area contributed by atoms with Gasteiger partial charge in [-0.1, -0.05) is 12.1 Å². The van der Waals surface area contributed by atoms with E-state index in [1.807, 2.05) is 6.26 Å². The number of rotatable bonds is 9. The number of carbonyl (C=O) groups is 3. The number of carbonyl (C=O) groups excluding carboxylic acids is 3. The van der Waals surface area contributed by atoms with Gasteiger partial charge >= 0.3 is 12.1 Å². The van der Waals surface area contributed by atoms with Gasteiger partial charge in [0.15, 0.2) is 0 Å². The second-order valence-corrected chi connectivity index (χ2v) is 8.42. The number of thioether (sulfide) groups is 1. The lowest BCUT2D eigenvalue weighted by atomic mass is 10.0. The van der Waals surface area contributed by atoms with Crippen molar-refractivity contribution in [1.29, 1.82) is 0 Å². The second-order valence-electron chi connectivity index (χ2n) is 7.44. The highest BCUT2D eigenvalue weighted by molar-refractivity contribution is 7.98. The van der Waals surface area contributed by atoms with Crippen LogP contribution in [0.5, 0.6) is 5.75 Å². The van der Waals surface area contributed by atoms with Crippen LogP contribution in [0.2, 0.25) is 0 Å². The number of esters is 1. The highest BCUT2D eigenvalue weighted by Crippen LogP contribution is 2.13. The summed E-state index contributed by atoms with van der Waals surface area (Å²) < 4.78 is 10.0. The quantitative estimate of drug-likeness (QED) is 0.519. The third kappa shape index (κ3) is 9.56. The summed E-state index contributed by atoms with van der Waals surface area (Å²) in [7, 11) is 1.24. The van der Waals surface area contributed by atoms with Crippen LogP contribution in [0.25, 0.3) is 0 Å². The van der Waals surface area contributed by atoms with E-state index in [4.69, 9.17) is 9.47 Å². The molecule has 0 saturated heterocycles. The van der Waals surface area contributed by atoms with E-state index in [1.54, 1.807) is 32.9 Å². The van der Waals surface area contributed by atoms with Crippen LogP contribution in [0.1, 0.15) is 32.8 Å². The molecule has 162 valence electrons. The monoisotopic (exact) mass is 426 g/mol. The van der Waals surface area contributed by atoms with Crippen molar-refractivity contribution in [1.82, 2.24) is 10.6 Å². The molecule has 3 N–H and O–H groups in total. The average molecular weight is 427 g/mol. The van der Waals surface area contributed by atoms with E-state index >= 15 is 0 Å². The van der Waals surface area contributed by atoms with Crippen molar-refractivity contribution in [3.63, 3.8) is 0 Å². The molecular weight excluding hydrogens is 396 g/mol. The number of hydrogen-bond acceptors (Lipinski definition) is 7. The zero-order valence-corrected chi connectivity index (χ0v) is 18.3. The number of methoxy groups -OCH3 is 1. The van der Waals surface area contributed by atoms with Gasteiger partial charge in [0.1, 0.15) is 23.4 Å². The summed E-state index contributed by atoms with van der Waals surface area (Å²) in [5.41, 5.74) is 0.0390. The van der Waals surface area contributed by atoms with E-state index in [9.17, 15) is 19.5 Å². The lowest BCUT2D eigenvalue weighted by Gasteiger charge is -2.24. The van der Waals surface area contributed by atoms with E-state index in [1.165, 1.54) is 31.0 Å². The van der Waals surface area contributed by atoms with Crippen LogP contribution in [0.15, 0.2) is 24.3 Å². The zero-order valence-electron chi connectivity index (χ0n) is 17.5. The summed E-state index contributed by atoms with van der Waals surface area (Å²) >= 11 is 1.53. The van der Waals surface area contributed by atoms with Crippen LogP contribution in [0.3, 0.4) is 0 Å². The Morgan fingerprint density at radius 1 is 1.10 bits per heavy atom. The molecule has 1 aromatic rings. The Balaban J connectivity index is 2.88. The Morgan fingerprint density at radius 2 is 1.72 bits per heavy atom. The van der Waals surface area contributed by atoms with E-state index in [-0.39, 0.29) is 12.2 Å². The minimum atomic E-state index is -0.936. The molecule has 0 spiro atoms. The highest BCUT2D eigenvalue weighted by Gasteiger charge is 2.28. The summed E-state index contributed by atoms with van der Waals surface area (Å²) in [5, 5.41) is 14.6. The molecule has 0 fully saturated rings. The molecule has 0 bridgehead atoms. The van der Waals surface area contributed by atoms with Crippen molar-refractivity contribution in [3.05, 3.63) is 29.8 Å². The fourth-order valence-electron chi connectivity index (χ4n) is 2.43. The number of ether oxygens (including phenoxy) is 2. The first kappa shape index (κ1) is 24.6. The molecule has 0 heterocycles. The maximum absolute atomic E-state index is 12.8. The topological polar surface area (TPSA) is 114 Å². The third-order valence-corrected chi connectivity index (χ3v) is 4.44. The molecule has 0 aromatic heterocycles. The first-order chi connectivity index (χ1) is 13.6. The van der Waals surface area contributed by atoms with Gasteiger partial charge in [0.05, 0.1) is 7.11 Å². The van der Waals surface area contributed by atoms with Gasteiger partial charge < -0.3 is 25.2 Å². The normalized spacial score (nSPS) is 13.1. The van der Waals surface area contributed by atoms with Crippen LogP contribution < -0.4 is 10.6 Å². The van der Waals surface area contributed by atoms with Crippen molar-refractivity contribution in [2.45, 2.75) is 51.3 Å². The first-order valence-electron chi connectivity index (χ1n) is 9.20. The summed E-state index contributed by atoms with van der Waals surface area (Å²) in [6.07, 6.45) is 1.75. The number of alkyl carbamates (subject to hydrolysis) is 1. The number of nitrogens with one attached hydrogen (secondary N) is 2. The molecule has 29 heavy (non-hydrogen) atoms. The Labute approximate surface area is 175 Å².